The molecule has 0 saturated carbocycles. The Bertz CT molecular complexity index is 2530. The predicted octanol–water partition coefficient (Wildman–Crippen LogP) is 13.2. The molecule has 0 aliphatic rings. The molecule has 0 N–H and O–H groups in total. The first-order valence-electron chi connectivity index (χ1n) is 16.4. The van der Waals surface area contributed by atoms with Gasteiger partial charge in [-0.25, -0.2) is 0 Å². The molecule has 0 unspecified atom stereocenters. The molecule has 0 atom stereocenters. The smallest absolute Gasteiger partial charge is 0.143 e. The van der Waals surface area contributed by atoms with Gasteiger partial charge in [-0.15, -0.1) is 0 Å². The third-order valence-corrected chi connectivity index (χ3v) is 9.26. The van der Waals surface area contributed by atoms with Crippen LogP contribution in [0.3, 0.4) is 0 Å². The maximum absolute atomic E-state index is 6.95. The van der Waals surface area contributed by atoms with Crippen molar-refractivity contribution in [3.05, 3.63) is 188 Å². The molecule has 48 heavy (non-hydrogen) atoms. The van der Waals surface area contributed by atoms with Crippen molar-refractivity contribution in [2.75, 3.05) is 4.90 Å². The summed E-state index contributed by atoms with van der Waals surface area (Å²) in [5.41, 5.74) is 12.0. The first kappa shape index (κ1) is 27.9. The second-order valence-electron chi connectivity index (χ2n) is 12.1. The highest BCUT2D eigenvalue weighted by Crippen LogP contribution is 2.48. The summed E-state index contributed by atoms with van der Waals surface area (Å²) >= 11 is 0. The van der Waals surface area contributed by atoms with Crippen molar-refractivity contribution in [3.63, 3.8) is 0 Å². The Morgan fingerprint density at radius 3 is 1.71 bits per heavy atom. The first-order chi connectivity index (χ1) is 23.8. The zero-order valence-electron chi connectivity index (χ0n) is 26.3. The molecule has 226 valence electrons. The van der Waals surface area contributed by atoms with E-state index in [2.05, 4.69) is 193 Å². The highest BCUT2D eigenvalue weighted by Gasteiger charge is 2.23. The SMILES string of the molecule is c1ccc(-c2ccc(N(c3ccccc3)c3cccc4oc5c(-c6ccccc6-c6ccccc6)cc6ccccc6c5c34)cc2)cc1. The van der Waals surface area contributed by atoms with Crippen LogP contribution in [0.1, 0.15) is 0 Å². The summed E-state index contributed by atoms with van der Waals surface area (Å²) in [6, 6.07) is 66.6. The van der Waals surface area contributed by atoms with Crippen molar-refractivity contribution >= 4 is 49.8 Å². The van der Waals surface area contributed by atoms with Crippen molar-refractivity contribution in [2.24, 2.45) is 0 Å². The van der Waals surface area contributed by atoms with E-state index >= 15 is 0 Å². The lowest BCUT2D eigenvalue weighted by Crippen LogP contribution is -2.10. The summed E-state index contributed by atoms with van der Waals surface area (Å²) in [4.78, 5) is 2.35. The van der Waals surface area contributed by atoms with Crippen molar-refractivity contribution in [2.45, 2.75) is 0 Å². The van der Waals surface area contributed by atoms with Gasteiger partial charge in [-0.05, 0) is 81.1 Å². The Balaban J connectivity index is 1.33. The number of fused-ring (bicyclic) bond motifs is 5. The van der Waals surface area contributed by atoms with Gasteiger partial charge in [0, 0.05) is 22.3 Å². The molecule has 1 aromatic heterocycles. The van der Waals surface area contributed by atoms with E-state index in [1.165, 1.54) is 33.0 Å². The van der Waals surface area contributed by atoms with Gasteiger partial charge in [0.05, 0.1) is 11.1 Å². The van der Waals surface area contributed by atoms with Crippen LogP contribution in [0.25, 0.3) is 66.1 Å². The number of anilines is 3. The van der Waals surface area contributed by atoms with Gasteiger partial charge in [-0.2, -0.15) is 0 Å². The maximum Gasteiger partial charge on any atom is 0.143 e. The molecule has 0 amide bonds. The minimum Gasteiger partial charge on any atom is -0.455 e. The molecule has 0 radical (unpaired) electrons. The standard InChI is InChI=1S/C46H31NO/c1-4-15-32(16-5-1)33-27-29-37(30-28-33)47(36-20-8-3-9-21-36)42-25-14-26-43-45(42)44-39-23-11-10-19-35(39)31-41(46(44)48-43)40-24-13-12-22-38(40)34-17-6-2-7-18-34/h1-31H. The quantitative estimate of drug-likeness (QED) is 0.185. The minimum absolute atomic E-state index is 0.860. The summed E-state index contributed by atoms with van der Waals surface area (Å²) < 4.78 is 6.95. The zero-order valence-corrected chi connectivity index (χ0v) is 26.3. The van der Waals surface area contributed by atoms with E-state index in [4.69, 9.17) is 4.42 Å². The van der Waals surface area contributed by atoms with E-state index in [0.717, 1.165) is 50.1 Å². The molecule has 9 rings (SSSR count). The molecule has 0 spiro atoms. The van der Waals surface area contributed by atoms with Crippen LogP contribution in [0, 0.1) is 0 Å². The van der Waals surface area contributed by atoms with Gasteiger partial charge in [-0.3, -0.25) is 0 Å². The monoisotopic (exact) mass is 613 g/mol. The summed E-state index contributed by atoms with van der Waals surface area (Å²) in [6.45, 7) is 0. The summed E-state index contributed by atoms with van der Waals surface area (Å²) in [5, 5.41) is 4.57. The molecule has 8 aromatic carbocycles. The van der Waals surface area contributed by atoms with E-state index in [1.807, 2.05) is 0 Å². The summed E-state index contributed by atoms with van der Waals surface area (Å²) in [5.74, 6) is 0. The molecular formula is C46H31NO. The molecular weight excluding hydrogens is 583 g/mol. The summed E-state index contributed by atoms with van der Waals surface area (Å²) in [6.07, 6.45) is 0. The number of hydrogen-bond donors (Lipinski definition) is 0. The lowest BCUT2D eigenvalue weighted by atomic mass is 9.91. The highest BCUT2D eigenvalue weighted by atomic mass is 16.3. The van der Waals surface area contributed by atoms with E-state index in [0.29, 0.717) is 0 Å². The Labute approximate surface area is 279 Å². The average Bonchev–Trinajstić information content (AvgIpc) is 3.57. The van der Waals surface area contributed by atoms with Crippen LogP contribution in [0.4, 0.5) is 17.1 Å². The second-order valence-corrected chi connectivity index (χ2v) is 12.1. The number of nitrogens with zero attached hydrogens (tertiary/aromatic N) is 1. The third kappa shape index (κ3) is 4.74. The van der Waals surface area contributed by atoms with Crippen molar-refractivity contribution in [3.8, 4) is 33.4 Å². The molecule has 2 nitrogen and oxygen atoms in total. The van der Waals surface area contributed by atoms with Crippen LogP contribution in [0.2, 0.25) is 0 Å². The lowest BCUT2D eigenvalue weighted by molar-refractivity contribution is 0.670. The van der Waals surface area contributed by atoms with Gasteiger partial charge >= 0.3 is 0 Å². The van der Waals surface area contributed by atoms with E-state index in [9.17, 15) is 0 Å². The average molecular weight is 614 g/mol. The van der Waals surface area contributed by atoms with Crippen molar-refractivity contribution in [1.29, 1.82) is 0 Å². The van der Waals surface area contributed by atoms with Gasteiger partial charge in [0.25, 0.3) is 0 Å². The van der Waals surface area contributed by atoms with E-state index < -0.39 is 0 Å². The van der Waals surface area contributed by atoms with Crippen LogP contribution >= 0.6 is 0 Å². The zero-order chi connectivity index (χ0) is 31.9. The van der Waals surface area contributed by atoms with Crippen LogP contribution in [0.15, 0.2) is 192 Å². The number of para-hydroxylation sites is 1. The number of rotatable bonds is 6. The fraction of sp³-hybridized carbons (Fsp3) is 0. The van der Waals surface area contributed by atoms with Crippen LogP contribution in [0.5, 0.6) is 0 Å². The number of benzene rings is 8. The summed E-state index contributed by atoms with van der Waals surface area (Å²) in [7, 11) is 0. The number of furan rings is 1. The van der Waals surface area contributed by atoms with Gasteiger partial charge < -0.3 is 9.32 Å². The fourth-order valence-electron chi connectivity index (χ4n) is 7.06. The topological polar surface area (TPSA) is 16.4 Å². The Morgan fingerprint density at radius 1 is 0.375 bits per heavy atom. The molecule has 0 fully saturated rings. The van der Waals surface area contributed by atoms with Crippen LogP contribution in [-0.4, -0.2) is 0 Å². The molecule has 2 heteroatoms. The van der Waals surface area contributed by atoms with Crippen molar-refractivity contribution in [1.82, 2.24) is 0 Å². The normalized spacial score (nSPS) is 11.3. The van der Waals surface area contributed by atoms with E-state index in [-0.39, 0.29) is 0 Å². The van der Waals surface area contributed by atoms with Gasteiger partial charge in [0.1, 0.15) is 11.2 Å². The molecule has 9 aromatic rings. The molecule has 0 bridgehead atoms. The lowest BCUT2D eigenvalue weighted by Gasteiger charge is -2.26. The van der Waals surface area contributed by atoms with Gasteiger partial charge in [0.15, 0.2) is 0 Å². The first-order valence-corrected chi connectivity index (χ1v) is 16.4. The molecule has 0 aliphatic heterocycles. The van der Waals surface area contributed by atoms with E-state index in [1.54, 1.807) is 0 Å². The molecule has 0 saturated heterocycles. The van der Waals surface area contributed by atoms with Crippen LogP contribution in [-0.2, 0) is 0 Å². The maximum atomic E-state index is 6.95. The fourth-order valence-corrected chi connectivity index (χ4v) is 7.06. The second kappa shape index (κ2) is 11.8. The predicted molar refractivity (Wildman–Crippen MR) is 202 cm³/mol. The van der Waals surface area contributed by atoms with Crippen LogP contribution < -0.4 is 4.90 Å². The number of hydrogen-bond acceptors (Lipinski definition) is 2. The third-order valence-electron chi connectivity index (χ3n) is 9.26. The Hall–Kier alpha value is -6.38. The highest BCUT2D eigenvalue weighted by molar-refractivity contribution is 6.26. The Morgan fingerprint density at radius 2 is 0.958 bits per heavy atom. The molecule has 0 aliphatic carbocycles. The van der Waals surface area contributed by atoms with Gasteiger partial charge in [0.2, 0.25) is 0 Å². The van der Waals surface area contributed by atoms with Crippen molar-refractivity contribution < 1.29 is 4.42 Å². The molecule has 1 heterocycles. The Kier molecular flexibility index (Phi) is 6.84. The van der Waals surface area contributed by atoms with Gasteiger partial charge in [-0.1, -0.05) is 146 Å². The minimum atomic E-state index is 0.860. The largest absolute Gasteiger partial charge is 0.455 e.